The summed E-state index contributed by atoms with van der Waals surface area (Å²) in [6, 6.07) is 6.42. The second-order valence-corrected chi connectivity index (χ2v) is 11.3. The van der Waals surface area contributed by atoms with Crippen LogP contribution in [0, 0.1) is 0 Å². The Morgan fingerprint density at radius 2 is 1.97 bits per heavy atom. The summed E-state index contributed by atoms with van der Waals surface area (Å²) in [5.41, 5.74) is 5.61. The molecule has 3 rings (SSSR count). The molecule has 0 aliphatic heterocycles. The van der Waals surface area contributed by atoms with Gasteiger partial charge < -0.3 is 24.3 Å². The van der Waals surface area contributed by atoms with Gasteiger partial charge >= 0.3 is 13.5 Å². The van der Waals surface area contributed by atoms with Crippen LogP contribution in [0.2, 0.25) is 5.02 Å². The fourth-order valence-electron chi connectivity index (χ4n) is 3.30. The van der Waals surface area contributed by atoms with E-state index in [-0.39, 0.29) is 18.8 Å². The first kappa shape index (κ1) is 27.9. The van der Waals surface area contributed by atoms with Crippen molar-refractivity contribution in [2.75, 3.05) is 18.7 Å². The van der Waals surface area contributed by atoms with E-state index in [0.29, 0.717) is 28.5 Å². The van der Waals surface area contributed by atoms with Crippen LogP contribution in [-0.4, -0.2) is 50.1 Å². The molecule has 0 radical (unpaired) electrons. The van der Waals surface area contributed by atoms with E-state index in [0.717, 1.165) is 12.8 Å². The predicted molar refractivity (Wildman–Crippen MR) is 138 cm³/mol. The summed E-state index contributed by atoms with van der Waals surface area (Å²) in [6.45, 7) is 7.62. The van der Waals surface area contributed by atoms with Gasteiger partial charge in [-0.25, -0.2) is 20.0 Å². The van der Waals surface area contributed by atoms with Crippen LogP contribution in [0.4, 0.5) is 5.82 Å². The third-order valence-corrected chi connectivity index (χ3v) is 7.32. The highest BCUT2D eigenvalue weighted by atomic mass is 35.5. The average Bonchev–Trinajstić information content (AvgIpc) is 3.23. The molecule has 196 valence electrons. The number of nitrogens with two attached hydrogens (primary N) is 1. The average molecular weight is 539 g/mol. The number of rotatable bonds is 13. The number of hydrogen-bond donors (Lipinski definition) is 2. The van der Waals surface area contributed by atoms with Gasteiger partial charge in [0.1, 0.15) is 29.5 Å². The van der Waals surface area contributed by atoms with E-state index in [4.69, 9.17) is 31.3 Å². The van der Waals surface area contributed by atoms with Crippen molar-refractivity contribution in [3.8, 4) is 5.75 Å². The monoisotopic (exact) mass is 538 g/mol. The molecule has 3 N–H and O–H groups in total. The Labute approximate surface area is 215 Å². The number of anilines is 1. The second kappa shape index (κ2) is 12.0. The highest BCUT2D eigenvalue weighted by molar-refractivity contribution is 7.57. The van der Waals surface area contributed by atoms with Crippen molar-refractivity contribution >= 4 is 42.1 Å². The van der Waals surface area contributed by atoms with Crippen LogP contribution in [0.3, 0.4) is 0 Å². The van der Waals surface area contributed by atoms with Gasteiger partial charge in [-0.1, -0.05) is 24.9 Å². The van der Waals surface area contributed by atoms with Gasteiger partial charge in [0.15, 0.2) is 11.5 Å². The van der Waals surface area contributed by atoms with Crippen molar-refractivity contribution < 1.29 is 23.4 Å². The lowest BCUT2D eigenvalue weighted by Gasteiger charge is -2.30. The van der Waals surface area contributed by atoms with Gasteiger partial charge in [-0.3, -0.25) is 9.36 Å². The molecule has 2 heterocycles. The molecule has 0 spiro atoms. The first-order valence-corrected chi connectivity index (χ1v) is 13.8. The normalized spacial score (nSPS) is 14.4. The fraction of sp³-hybridized carbons (Fsp3) is 0.478. The van der Waals surface area contributed by atoms with E-state index < -0.39 is 25.1 Å². The SMILES string of the molecule is CCCCOC(=O)C(C)(C)NP(=O)(COC(C)Cn1cnc2c(N)ncnc21)Oc1ccc(Cl)cc1. The molecule has 1 aromatic carbocycles. The number of nitrogens with zero attached hydrogens (tertiary/aromatic N) is 4. The quantitative estimate of drug-likeness (QED) is 0.182. The predicted octanol–water partition coefficient (Wildman–Crippen LogP) is 4.41. The van der Waals surface area contributed by atoms with Crippen LogP contribution in [0.15, 0.2) is 36.9 Å². The maximum atomic E-state index is 13.9. The van der Waals surface area contributed by atoms with Crippen LogP contribution in [0.1, 0.15) is 40.5 Å². The van der Waals surface area contributed by atoms with Gasteiger partial charge in [-0.15, -0.1) is 0 Å². The smallest absolute Gasteiger partial charge is 0.342 e. The Bertz CT molecular complexity index is 1220. The second-order valence-electron chi connectivity index (χ2n) is 8.88. The van der Waals surface area contributed by atoms with Crippen LogP contribution in [-0.2, 0) is 25.4 Å². The molecule has 13 heteroatoms. The summed E-state index contributed by atoms with van der Waals surface area (Å²) in [7, 11) is -3.76. The molecule has 36 heavy (non-hydrogen) atoms. The zero-order valence-electron chi connectivity index (χ0n) is 20.8. The summed E-state index contributed by atoms with van der Waals surface area (Å²) in [6.07, 6.45) is 3.85. The molecule has 0 aliphatic carbocycles. The number of unbranched alkanes of at least 4 members (excludes halogenated alkanes) is 1. The maximum Gasteiger partial charge on any atom is 0.342 e. The van der Waals surface area contributed by atoms with Gasteiger partial charge in [0.2, 0.25) is 0 Å². The maximum absolute atomic E-state index is 13.9. The number of halogens is 1. The molecule has 0 amide bonds. The highest BCUT2D eigenvalue weighted by Gasteiger charge is 2.39. The van der Waals surface area contributed by atoms with Crippen molar-refractivity contribution in [3.05, 3.63) is 41.9 Å². The van der Waals surface area contributed by atoms with E-state index in [2.05, 4.69) is 20.0 Å². The van der Waals surface area contributed by atoms with Gasteiger partial charge in [0.25, 0.3) is 0 Å². The highest BCUT2D eigenvalue weighted by Crippen LogP contribution is 2.45. The Hall–Kier alpha value is -2.72. The number of aromatic nitrogens is 4. The lowest BCUT2D eigenvalue weighted by Crippen LogP contribution is -2.47. The summed E-state index contributed by atoms with van der Waals surface area (Å²) in [4.78, 5) is 25.1. The van der Waals surface area contributed by atoms with Gasteiger partial charge in [0.05, 0.1) is 25.6 Å². The van der Waals surface area contributed by atoms with Crippen LogP contribution in [0.25, 0.3) is 11.2 Å². The van der Waals surface area contributed by atoms with Gasteiger partial charge in [-0.05, 0) is 51.5 Å². The molecular weight excluding hydrogens is 507 g/mol. The number of fused-ring (bicyclic) bond motifs is 1. The Morgan fingerprint density at radius 3 is 2.67 bits per heavy atom. The molecule has 2 atom stereocenters. The molecule has 0 saturated heterocycles. The Balaban J connectivity index is 1.73. The summed E-state index contributed by atoms with van der Waals surface area (Å²) < 4.78 is 32.8. The number of benzene rings is 1. The number of carbonyl (C=O) groups is 1. The topological polar surface area (TPSA) is 143 Å². The summed E-state index contributed by atoms with van der Waals surface area (Å²) in [5, 5.41) is 3.36. The summed E-state index contributed by atoms with van der Waals surface area (Å²) in [5.74, 6) is 0.0611. The molecule has 0 bridgehead atoms. The van der Waals surface area contributed by atoms with Crippen molar-refractivity contribution in [2.45, 2.75) is 58.7 Å². The molecule has 3 aromatic rings. The zero-order chi connectivity index (χ0) is 26.3. The minimum absolute atomic E-state index is 0.281. The lowest BCUT2D eigenvalue weighted by molar-refractivity contribution is -0.149. The Kier molecular flexibility index (Phi) is 9.30. The molecule has 11 nitrogen and oxygen atoms in total. The minimum atomic E-state index is -3.76. The van der Waals surface area contributed by atoms with Crippen LogP contribution in [0.5, 0.6) is 5.75 Å². The van der Waals surface area contributed by atoms with E-state index in [1.807, 2.05) is 13.8 Å². The molecule has 0 saturated carbocycles. The van der Waals surface area contributed by atoms with Crippen molar-refractivity contribution in [3.63, 3.8) is 0 Å². The minimum Gasteiger partial charge on any atom is -0.464 e. The van der Waals surface area contributed by atoms with E-state index in [9.17, 15) is 9.36 Å². The first-order valence-electron chi connectivity index (χ1n) is 11.6. The van der Waals surface area contributed by atoms with Crippen molar-refractivity contribution in [1.82, 2.24) is 24.6 Å². The summed E-state index contributed by atoms with van der Waals surface area (Å²) >= 11 is 5.96. The Morgan fingerprint density at radius 1 is 1.25 bits per heavy atom. The van der Waals surface area contributed by atoms with E-state index in [1.165, 1.54) is 6.33 Å². The van der Waals surface area contributed by atoms with Gasteiger partial charge in [-0.2, -0.15) is 0 Å². The number of hydrogen-bond acceptors (Lipinski definition) is 9. The zero-order valence-corrected chi connectivity index (χ0v) is 22.5. The van der Waals surface area contributed by atoms with Gasteiger partial charge in [0, 0.05) is 5.02 Å². The fourth-order valence-corrected chi connectivity index (χ4v) is 5.44. The van der Waals surface area contributed by atoms with E-state index >= 15 is 0 Å². The first-order chi connectivity index (χ1) is 17.0. The number of esters is 1. The third-order valence-electron chi connectivity index (χ3n) is 5.17. The third kappa shape index (κ3) is 7.39. The van der Waals surface area contributed by atoms with Crippen molar-refractivity contribution in [2.24, 2.45) is 0 Å². The number of nitrogen functional groups attached to an aromatic ring is 1. The number of nitrogens with one attached hydrogen (secondary N) is 1. The molecule has 2 aromatic heterocycles. The molecule has 0 aliphatic rings. The molecule has 0 fully saturated rings. The van der Waals surface area contributed by atoms with E-state index in [1.54, 1.807) is 49.0 Å². The molecule has 2 unspecified atom stereocenters. The lowest BCUT2D eigenvalue weighted by atomic mass is 10.1. The van der Waals surface area contributed by atoms with Crippen LogP contribution < -0.4 is 15.3 Å². The van der Waals surface area contributed by atoms with Crippen molar-refractivity contribution in [1.29, 1.82) is 0 Å². The molecular formula is C23H32ClN6O5P. The number of ether oxygens (including phenoxy) is 2. The number of carbonyl (C=O) groups excluding carboxylic acids is 1. The number of imidazole rings is 1. The van der Waals surface area contributed by atoms with Crippen LogP contribution >= 0.6 is 19.1 Å². The standard InChI is InChI=1S/C23H32ClN6O5P/c1-5-6-11-33-22(31)23(3,4)29-36(32,35-18-9-7-17(24)8-10-18)15-34-16(2)12-30-14-28-19-20(25)26-13-27-21(19)30/h7-10,13-14,16H,5-6,11-12,15H2,1-4H3,(H,29,32)(H2,25,26,27). The largest absolute Gasteiger partial charge is 0.464 e.